The third kappa shape index (κ3) is 3.55. The Balaban J connectivity index is 1.75. The van der Waals surface area contributed by atoms with Crippen molar-refractivity contribution in [3.05, 3.63) is 48.4 Å². The van der Waals surface area contributed by atoms with Crippen LogP contribution in [0.3, 0.4) is 0 Å². The van der Waals surface area contributed by atoms with Crippen LogP contribution in [0.2, 0.25) is 0 Å². The van der Waals surface area contributed by atoms with Gasteiger partial charge in [-0.2, -0.15) is 0 Å². The Hall–Kier alpha value is -2.43. The molecule has 0 spiro atoms. The lowest BCUT2D eigenvalue weighted by atomic mass is 10.3. The number of hydrogen-bond acceptors (Lipinski definition) is 4. The van der Waals surface area contributed by atoms with Crippen LogP contribution in [0.25, 0.3) is 0 Å². The summed E-state index contributed by atoms with van der Waals surface area (Å²) in [6.07, 6.45) is 1.56. The quantitative estimate of drug-likeness (QED) is 0.785. The summed E-state index contributed by atoms with van der Waals surface area (Å²) in [7, 11) is 0. The summed E-state index contributed by atoms with van der Waals surface area (Å²) >= 11 is 0. The highest BCUT2D eigenvalue weighted by Gasteiger charge is 2.04. The molecule has 1 aromatic carbocycles. The van der Waals surface area contributed by atoms with Crippen LogP contribution < -0.4 is 15.8 Å². The zero-order valence-corrected chi connectivity index (χ0v) is 9.76. The van der Waals surface area contributed by atoms with Gasteiger partial charge in [0.25, 0.3) is 5.91 Å². The van der Waals surface area contributed by atoms with E-state index >= 15 is 0 Å². The first-order valence-corrected chi connectivity index (χ1v) is 5.51. The van der Waals surface area contributed by atoms with Crippen molar-refractivity contribution in [2.45, 2.75) is 6.54 Å². The third-order valence-corrected chi connectivity index (χ3v) is 2.27. The number of nitrogens with two attached hydrogens (primary N) is 1. The van der Waals surface area contributed by atoms with E-state index in [1.54, 1.807) is 42.7 Å². The van der Waals surface area contributed by atoms with E-state index in [9.17, 15) is 4.79 Å². The molecule has 1 amide bonds. The van der Waals surface area contributed by atoms with Crippen molar-refractivity contribution in [2.24, 2.45) is 0 Å². The highest BCUT2D eigenvalue weighted by atomic mass is 16.5. The number of hydrogen-bond donors (Lipinski definition) is 2. The first-order chi connectivity index (χ1) is 8.74. The van der Waals surface area contributed by atoms with Crippen molar-refractivity contribution in [3.63, 3.8) is 0 Å². The summed E-state index contributed by atoms with van der Waals surface area (Å²) in [6.45, 7) is 0.302. The highest BCUT2D eigenvalue weighted by Crippen LogP contribution is 2.13. The molecular formula is C13H14N2O3. The second-order valence-corrected chi connectivity index (χ2v) is 3.72. The van der Waals surface area contributed by atoms with Crippen molar-refractivity contribution < 1.29 is 13.9 Å². The molecule has 0 unspecified atom stereocenters. The van der Waals surface area contributed by atoms with Crippen molar-refractivity contribution in [2.75, 3.05) is 12.3 Å². The molecule has 2 rings (SSSR count). The van der Waals surface area contributed by atoms with Gasteiger partial charge in [-0.25, -0.2) is 0 Å². The van der Waals surface area contributed by atoms with Crippen LogP contribution in [0, 0.1) is 0 Å². The van der Waals surface area contributed by atoms with Crippen molar-refractivity contribution in [1.82, 2.24) is 5.32 Å². The maximum Gasteiger partial charge on any atom is 0.258 e. The lowest BCUT2D eigenvalue weighted by Gasteiger charge is -2.06. The van der Waals surface area contributed by atoms with Gasteiger partial charge in [0.15, 0.2) is 6.61 Å². The molecule has 2 aromatic rings. The lowest BCUT2D eigenvalue weighted by molar-refractivity contribution is -0.123. The number of ether oxygens (including phenoxy) is 1. The highest BCUT2D eigenvalue weighted by molar-refractivity contribution is 5.77. The summed E-state index contributed by atoms with van der Waals surface area (Å²) in [5.74, 6) is 1.06. The Morgan fingerprint density at radius 3 is 2.94 bits per heavy atom. The molecule has 3 N–H and O–H groups in total. The van der Waals surface area contributed by atoms with Gasteiger partial charge < -0.3 is 20.2 Å². The predicted molar refractivity (Wildman–Crippen MR) is 66.9 cm³/mol. The van der Waals surface area contributed by atoms with Gasteiger partial charge in [0.1, 0.15) is 11.5 Å². The van der Waals surface area contributed by atoms with E-state index in [0.717, 1.165) is 0 Å². The van der Waals surface area contributed by atoms with Crippen LogP contribution in [0.4, 0.5) is 5.69 Å². The number of anilines is 1. The van der Waals surface area contributed by atoms with E-state index < -0.39 is 0 Å². The summed E-state index contributed by atoms with van der Waals surface area (Å²) in [4.78, 5) is 11.5. The Kier molecular flexibility index (Phi) is 3.86. The molecule has 0 fully saturated rings. The molecule has 1 aromatic heterocycles. The molecule has 5 heteroatoms. The SMILES string of the molecule is Nc1cccc(OCC(=O)NCc2ccco2)c1. The standard InChI is InChI=1S/C13H14N2O3/c14-10-3-1-4-11(7-10)18-9-13(16)15-8-12-5-2-6-17-12/h1-7H,8-9,14H2,(H,15,16). The van der Waals surface area contributed by atoms with Gasteiger partial charge in [-0.3, -0.25) is 4.79 Å². The first kappa shape index (κ1) is 12.0. The van der Waals surface area contributed by atoms with E-state index in [1.807, 2.05) is 0 Å². The zero-order valence-electron chi connectivity index (χ0n) is 9.76. The second-order valence-electron chi connectivity index (χ2n) is 3.72. The molecule has 5 nitrogen and oxygen atoms in total. The summed E-state index contributed by atoms with van der Waals surface area (Å²) < 4.78 is 10.4. The topological polar surface area (TPSA) is 77.5 Å². The third-order valence-electron chi connectivity index (χ3n) is 2.27. The van der Waals surface area contributed by atoms with Crippen molar-refractivity contribution in [1.29, 1.82) is 0 Å². The van der Waals surface area contributed by atoms with Crippen molar-refractivity contribution in [3.8, 4) is 5.75 Å². The molecule has 94 valence electrons. The maximum absolute atomic E-state index is 11.5. The number of nitrogens with one attached hydrogen (secondary N) is 1. The van der Waals surface area contributed by atoms with Crippen LogP contribution in [0.1, 0.15) is 5.76 Å². The fourth-order valence-electron chi connectivity index (χ4n) is 1.40. The fourth-order valence-corrected chi connectivity index (χ4v) is 1.40. The largest absolute Gasteiger partial charge is 0.484 e. The minimum atomic E-state index is -0.214. The molecule has 0 aliphatic rings. The smallest absolute Gasteiger partial charge is 0.258 e. The summed E-state index contributed by atoms with van der Waals surface area (Å²) in [5, 5.41) is 2.68. The average Bonchev–Trinajstić information content (AvgIpc) is 2.87. The molecule has 0 aliphatic heterocycles. The summed E-state index contributed by atoms with van der Waals surface area (Å²) in [6, 6.07) is 10.5. The molecule has 1 heterocycles. The number of carbonyl (C=O) groups is 1. The number of rotatable bonds is 5. The van der Waals surface area contributed by atoms with E-state index in [0.29, 0.717) is 23.7 Å². The van der Waals surface area contributed by atoms with Gasteiger partial charge in [0.2, 0.25) is 0 Å². The van der Waals surface area contributed by atoms with E-state index in [2.05, 4.69) is 5.32 Å². The number of furan rings is 1. The van der Waals surface area contributed by atoms with Crippen LogP contribution in [0.15, 0.2) is 47.1 Å². The molecule has 18 heavy (non-hydrogen) atoms. The van der Waals surface area contributed by atoms with Crippen LogP contribution in [0.5, 0.6) is 5.75 Å². The average molecular weight is 246 g/mol. The predicted octanol–water partition coefficient (Wildman–Crippen LogP) is 1.56. The molecular weight excluding hydrogens is 232 g/mol. The van der Waals surface area contributed by atoms with E-state index in [1.165, 1.54) is 0 Å². The molecule has 0 bridgehead atoms. The lowest BCUT2D eigenvalue weighted by Crippen LogP contribution is -2.28. The van der Waals surface area contributed by atoms with Gasteiger partial charge in [-0.1, -0.05) is 6.07 Å². The fraction of sp³-hybridized carbons (Fsp3) is 0.154. The normalized spacial score (nSPS) is 10.0. The van der Waals surface area contributed by atoms with Crippen molar-refractivity contribution >= 4 is 11.6 Å². The first-order valence-electron chi connectivity index (χ1n) is 5.51. The van der Waals surface area contributed by atoms with Crippen LogP contribution >= 0.6 is 0 Å². The van der Waals surface area contributed by atoms with Gasteiger partial charge in [0, 0.05) is 11.8 Å². The van der Waals surface area contributed by atoms with Crippen LogP contribution in [-0.2, 0) is 11.3 Å². The molecule has 0 radical (unpaired) electrons. The van der Waals surface area contributed by atoms with Crippen LogP contribution in [-0.4, -0.2) is 12.5 Å². The minimum absolute atomic E-state index is 0.0514. The molecule has 0 atom stereocenters. The second kappa shape index (κ2) is 5.77. The molecule has 0 saturated heterocycles. The van der Waals surface area contributed by atoms with E-state index in [-0.39, 0.29) is 12.5 Å². The maximum atomic E-state index is 11.5. The number of carbonyl (C=O) groups excluding carboxylic acids is 1. The Labute approximate surface area is 105 Å². The Morgan fingerprint density at radius 1 is 1.33 bits per heavy atom. The Morgan fingerprint density at radius 2 is 2.22 bits per heavy atom. The number of benzene rings is 1. The zero-order chi connectivity index (χ0) is 12.8. The number of nitrogen functional groups attached to an aromatic ring is 1. The molecule has 0 aliphatic carbocycles. The number of amides is 1. The summed E-state index contributed by atoms with van der Waals surface area (Å²) in [5.41, 5.74) is 6.20. The van der Waals surface area contributed by atoms with Gasteiger partial charge in [-0.15, -0.1) is 0 Å². The monoisotopic (exact) mass is 246 g/mol. The minimum Gasteiger partial charge on any atom is -0.484 e. The molecule has 0 saturated carbocycles. The van der Waals surface area contributed by atoms with E-state index in [4.69, 9.17) is 14.9 Å². The van der Waals surface area contributed by atoms with Gasteiger partial charge >= 0.3 is 0 Å². The Bertz CT molecular complexity index is 509. The van der Waals surface area contributed by atoms with Gasteiger partial charge in [-0.05, 0) is 24.3 Å². The van der Waals surface area contributed by atoms with Gasteiger partial charge in [0.05, 0.1) is 12.8 Å².